The number of nitrogens with zero attached hydrogens (tertiary/aromatic N) is 3. The van der Waals surface area contributed by atoms with Gasteiger partial charge in [0.05, 0.1) is 4.92 Å². The monoisotopic (exact) mass is 431 g/mol. The van der Waals surface area contributed by atoms with Crippen LogP contribution >= 0.6 is 0 Å². The molecule has 0 aliphatic heterocycles. The average Bonchev–Trinajstić information content (AvgIpc) is 2.71. The first-order valence-corrected chi connectivity index (χ1v) is 10.4. The molecule has 0 bridgehead atoms. The Labute approximate surface area is 179 Å². The van der Waals surface area contributed by atoms with E-state index in [0.29, 0.717) is 18.4 Å². The SMILES string of the molecule is CCCCCN(C(=O)c1cccc(C)c1[N+](=O)[O-])c1c(N)n(CCCC)c(=O)[nH]c1=O. The molecule has 1 heterocycles. The van der Waals surface area contributed by atoms with Crippen LogP contribution in [0.15, 0.2) is 27.8 Å². The summed E-state index contributed by atoms with van der Waals surface area (Å²) >= 11 is 0. The van der Waals surface area contributed by atoms with Crippen molar-refractivity contribution in [3.05, 3.63) is 60.3 Å². The maximum Gasteiger partial charge on any atom is 0.330 e. The number of amides is 1. The number of aryl methyl sites for hydroxylation is 1. The topological polar surface area (TPSA) is 144 Å². The minimum Gasteiger partial charge on any atom is -0.383 e. The number of nitrogen functional groups attached to an aromatic ring is 1. The van der Waals surface area contributed by atoms with Gasteiger partial charge < -0.3 is 10.6 Å². The van der Waals surface area contributed by atoms with Gasteiger partial charge in [-0.1, -0.05) is 45.2 Å². The van der Waals surface area contributed by atoms with Crippen molar-refractivity contribution in [2.45, 2.75) is 59.4 Å². The van der Waals surface area contributed by atoms with Crippen LogP contribution in [0.5, 0.6) is 0 Å². The minimum atomic E-state index is -0.796. The van der Waals surface area contributed by atoms with Gasteiger partial charge in [0.15, 0.2) is 5.69 Å². The number of carbonyl (C=O) groups excluding carboxylic acids is 1. The predicted octanol–water partition coefficient (Wildman–Crippen LogP) is 2.97. The molecule has 1 aromatic carbocycles. The highest BCUT2D eigenvalue weighted by Gasteiger charge is 2.30. The molecule has 0 radical (unpaired) electrons. The molecule has 3 N–H and O–H groups in total. The lowest BCUT2D eigenvalue weighted by Gasteiger charge is -2.24. The number of carbonyl (C=O) groups is 1. The highest BCUT2D eigenvalue weighted by molar-refractivity contribution is 6.10. The largest absolute Gasteiger partial charge is 0.383 e. The normalized spacial score (nSPS) is 10.8. The predicted molar refractivity (Wildman–Crippen MR) is 120 cm³/mol. The van der Waals surface area contributed by atoms with Crippen molar-refractivity contribution in [3.63, 3.8) is 0 Å². The zero-order valence-corrected chi connectivity index (χ0v) is 18.1. The number of aromatic nitrogens is 2. The second kappa shape index (κ2) is 10.6. The molecule has 0 fully saturated rings. The van der Waals surface area contributed by atoms with E-state index in [4.69, 9.17) is 5.73 Å². The van der Waals surface area contributed by atoms with Gasteiger partial charge in [0.2, 0.25) is 0 Å². The van der Waals surface area contributed by atoms with Gasteiger partial charge >= 0.3 is 5.69 Å². The fourth-order valence-corrected chi connectivity index (χ4v) is 3.43. The molecule has 0 saturated carbocycles. The molecule has 0 aliphatic rings. The number of nitrogens with two attached hydrogens (primary N) is 1. The second-order valence-corrected chi connectivity index (χ2v) is 7.39. The number of nitro benzene ring substituents is 1. The third kappa shape index (κ3) is 5.19. The van der Waals surface area contributed by atoms with Crippen LogP contribution in [0, 0.1) is 17.0 Å². The number of benzene rings is 1. The van der Waals surface area contributed by atoms with Gasteiger partial charge in [0, 0.05) is 18.7 Å². The van der Waals surface area contributed by atoms with E-state index < -0.39 is 22.1 Å². The molecular weight excluding hydrogens is 402 g/mol. The van der Waals surface area contributed by atoms with Crippen LogP contribution in [0.4, 0.5) is 17.2 Å². The maximum atomic E-state index is 13.5. The Balaban J connectivity index is 2.68. The molecule has 2 rings (SSSR count). The molecule has 2 aromatic rings. The van der Waals surface area contributed by atoms with Crippen LogP contribution in [0.2, 0.25) is 0 Å². The van der Waals surface area contributed by atoms with Crippen molar-refractivity contribution in [1.29, 1.82) is 0 Å². The lowest BCUT2D eigenvalue weighted by Crippen LogP contribution is -2.42. The fraction of sp³-hybridized carbons (Fsp3) is 0.476. The Kier molecular flexibility index (Phi) is 8.12. The van der Waals surface area contributed by atoms with Gasteiger partial charge in [-0.3, -0.25) is 29.3 Å². The summed E-state index contributed by atoms with van der Waals surface area (Å²) in [5, 5.41) is 11.6. The van der Waals surface area contributed by atoms with E-state index >= 15 is 0 Å². The van der Waals surface area contributed by atoms with E-state index in [1.54, 1.807) is 19.1 Å². The van der Waals surface area contributed by atoms with Gasteiger partial charge in [-0.05, 0) is 25.8 Å². The van der Waals surface area contributed by atoms with Crippen LogP contribution in [-0.4, -0.2) is 26.9 Å². The number of hydrogen-bond donors (Lipinski definition) is 2. The fourth-order valence-electron chi connectivity index (χ4n) is 3.43. The van der Waals surface area contributed by atoms with Gasteiger partial charge in [0.1, 0.15) is 11.4 Å². The quantitative estimate of drug-likeness (QED) is 0.336. The van der Waals surface area contributed by atoms with Crippen molar-refractivity contribution >= 4 is 23.1 Å². The third-order valence-electron chi connectivity index (χ3n) is 5.10. The summed E-state index contributed by atoms with van der Waals surface area (Å²) in [4.78, 5) is 52.8. The first kappa shape index (κ1) is 23.8. The van der Waals surface area contributed by atoms with E-state index in [2.05, 4.69) is 4.98 Å². The molecule has 10 nitrogen and oxygen atoms in total. The van der Waals surface area contributed by atoms with Gasteiger partial charge in [-0.15, -0.1) is 0 Å². The zero-order chi connectivity index (χ0) is 23.1. The lowest BCUT2D eigenvalue weighted by molar-refractivity contribution is -0.385. The van der Waals surface area contributed by atoms with Crippen LogP contribution in [0.1, 0.15) is 61.9 Å². The van der Waals surface area contributed by atoms with E-state index in [-0.39, 0.29) is 35.8 Å². The number of hydrogen-bond acceptors (Lipinski definition) is 6. The van der Waals surface area contributed by atoms with Crippen molar-refractivity contribution in [2.75, 3.05) is 17.2 Å². The molecule has 0 unspecified atom stereocenters. The van der Waals surface area contributed by atoms with E-state index in [1.165, 1.54) is 10.6 Å². The van der Waals surface area contributed by atoms with Gasteiger partial charge in [-0.25, -0.2) is 4.79 Å². The summed E-state index contributed by atoms with van der Waals surface area (Å²) in [5.41, 5.74) is 4.47. The molecule has 0 aliphatic carbocycles. The number of nitro groups is 1. The minimum absolute atomic E-state index is 0.123. The highest BCUT2D eigenvalue weighted by Crippen LogP contribution is 2.27. The molecule has 0 spiro atoms. The standard InChI is InChI=1S/C21H29N5O5/c1-4-6-8-13-24(20(28)15-11-9-10-14(3)16(15)26(30)31)17-18(22)25(12-7-5-2)21(29)23-19(17)27/h9-11H,4-8,12-13,22H2,1-3H3,(H,23,27,29). The number of para-hydroxylation sites is 1. The van der Waals surface area contributed by atoms with Crippen molar-refractivity contribution in [3.8, 4) is 0 Å². The number of aromatic amines is 1. The summed E-state index contributed by atoms with van der Waals surface area (Å²) in [6.45, 7) is 5.90. The first-order valence-electron chi connectivity index (χ1n) is 10.4. The molecule has 0 saturated heterocycles. The number of rotatable bonds is 10. The first-order chi connectivity index (χ1) is 14.7. The number of nitrogens with one attached hydrogen (secondary N) is 1. The molecule has 31 heavy (non-hydrogen) atoms. The summed E-state index contributed by atoms with van der Waals surface area (Å²) < 4.78 is 1.23. The van der Waals surface area contributed by atoms with Crippen molar-refractivity contribution < 1.29 is 9.72 Å². The highest BCUT2D eigenvalue weighted by atomic mass is 16.6. The summed E-state index contributed by atoms with van der Waals surface area (Å²) in [5.74, 6) is -0.827. The Morgan fingerprint density at radius 1 is 1.19 bits per heavy atom. The summed E-state index contributed by atoms with van der Waals surface area (Å²) in [6.07, 6.45) is 3.67. The molecule has 168 valence electrons. The molecule has 1 aromatic heterocycles. The third-order valence-corrected chi connectivity index (χ3v) is 5.10. The molecular formula is C21H29N5O5. The zero-order valence-electron chi connectivity index (χ0n) is 18.1. The summed E-state index contributed by atoms with van der Waals surface area (Å²) in [6, 6.07) is 4.45. The maximum absolute atomic E-state index is 13.5. The Morgan fingerprint density at radius 2 is 1.87 bits per heavy atom. The molecule has 0 atom stereocenters. The van der Waals surface area contributed by atoms with E-state index in [0.717, 1.165) is 24.2 Å². The van der Waals surface area contributed by atoms with Crippen molar-refractivity contribution in [2.24, 2.45) is 0 Å². The second-order valence-electron chi connectivity index (χ2n) is 7.39. The van der Waals surface area contributed by atoms with Gasteiger partial charge in [0.25, 0.3) is 17.2 Å². The summed E-state index contributed by atoms with van der Waals surface area (Å²) in [7, 11) is 0. The number of anilines is 2. The molecule has 1 amide bonds. The lowest BCUT2D eigenvalue weighted by atomic mass is 10.1. The number of H-pyrrole nitrogens is 1. The van der Waals surface area contributed by atoms with Crippen LogP contribution in [0.25, 0.3) is 0 Å². The van der Waals surface area contributed by atoms with Crippen LogP contribution in [0.3, 0.4) is 0 Å². The average molecular weight is 431 g/mol. The Hall–Kier alpha value is -3.43. The van der Waals surface area contributed by atoms with E-state index in [9.17, 15) is 24.5 Å². The van der Waals surface area contributed by atoms with Crippen molar-refractivity contribution in [1.82, 2.24) is 9.55 Å². The van der Waals surface area contributed by atoms with Crippen LogP contribution in [-0.2, 0) is 6.54 Å². The Bertz CT molecular complexity index is 1070. The van der Waals surface area contributed by atoms with E-state index in [1.807, 2.05) is 13.8 Å². The Morgan fingerprint density at radius 3 is 2.48 bits per heavy atom. The number of unbranched alkanes of at least 4 members (excludes halogenated alkanes) is 3. The van der Waals surface area contributed by atoms with Crippen LogP contribution < -0.4 is 21.9 Å². The smallest absolute Gasteiger partial charge is 0.330 e. The van der Waals surface area contributed by atoms with Gasteiger partial charge in [-0.2, -0.15) is 0 Å². The molecule has 10 heteroatoms.